The first-order valence-corrected chi connectivity index (χ1v) is 9.16. The van der Waals surface area contributed by atoms with Gasteiger partial charge in [0.05, 0.1) is 6.20 Å². The van der Waals surface area contributed by atoms with Crippen LogP contribution in [0.1, 0.15) is 36.1 Å². The largest absolute Gasteiger partial charge is 0.444 e. The van der Waals surface area contributed by atoms with E-state index in [2.05, 4.69) is 4.98 Å². The average molecular weight is 353 g/mol. The van der Waals surface area contributed by atoms with Gasteiger partial charge in [0, 0.05) is 27.1 Å². The van der Waals surface area contributed by atoms with Crippen molar-refractivity contribution in [3.63, 3.8) is 0 Å². The molecule has 1 aromatic carbocycles. The van der Waals surface area contributed by atoms with Crippen molar-refractivity contribution in [1.82, 2.24) is 13.6 Å². The number of hydrogen-bond donors (Lipinski definition) is 0. The highest BCUT2D eigenvalue weighted by atomic mass is 32.2. The van der Waals surface area contributed by atoms with Crippen LogP contribution in [0.25, 0.3) is 0 Å². The Morgan fingerprint density at radius 1 is 1.42 bits per heavy atom. The van der Waals surface area contributed by atoms with Crippen molar-refractivity contribution in [3.8, 4) is 0 Å². The Balaban J connectivity index is 1.80. The lowest BCUT2D eigenvalue weighted by atomic mass is 10.1. The SMILES string of the molecule is CN(C)S(=O)(=O)N1CCC[C@H]1c1ncc(Cc2cccc(F)c2)o1. The zero-order valence-electron chi connectivity index (χ0n) is 13.6. The van der Waals surface area contributed by atoms with E-state index in [4.69, 9.17) is 4.42 Å². The fourth-order valence-corrected chi connectivity index (χ4v) is 4.18. The Labute approximate surface area is 141 Å². The molecule has 0 spiro atoms. The second-order valence-electron chi connectivity index (χ2n) is 6.03. The van der Waals surface area contributed by atoms with Crippen LogP contribution in [0, 0.1) is 5.82 Å². The van der Waals surface area contributed by atoms with Gasteiger partial charge in [-0.3, -0.25) is 0 Å². The Kier molecular flexibility index (Phi) is 4.71. The Morgan fingerprint density at radius 2 is 2.21 bits per heavy atom. The molecule has 1 aliphatic heterocycles. The van der Waals surface area contributed by atoms with Crippen molar-refractivity contribution in [2.75, 3.05) is 20.6 Å². The molecule has 0 aliphatic carbocycles. The molecule has 2 aromatic rings. The van der Waals surface area contributed by atoms with Crippen molar-refractivity contribution in [3.05, 3.63) is 53.5 Å². The van der Waals surface area contributed by atoms with E-state index in [1.165, 1.54) is 34.8 Å². The number of halogens is 1. The van der Waals surface area contributed by atoms with Crippen LogP contribution in [0.3, 0.4) is 0 Å². The topological polar surface area (TPSA) is 66.7 Å². The van der Waals surface area contributed by atoms with Crippen molar-refractivity contribution >= 4 is 10.2 Å². The van der Waals surface area contributed by atoms with E-state index in [0.29, 0.717) is 31.0 Å². The number of hydrogen-bond acceptors (Lipinski definition) is 4. The lowest BCUT2D eigenvalue weighted by Crippen LogP contribution is -2.39. The molecule has 6 nitrogen and oxygen atoms in total. The summed E-state index contributed by atoms with van der Waals surface area (Å²) in [5.41, 5.74) is 0.780. The molecule has 0 bridgehead atoms. The first-order valence-electron chi connectivity index (χ1n) is 7.76. The Morgan fingerprint density at radius 3 is 2.92 bits per heavy atom. The van der Waals surface area contributed by atoms with E-state index < -0.39 is 16.3 Å². The second-order valence-corrected chi connectivity index (χ2v) is 8.13. The number of rotatable bonds is 5. The van der Waals surface area contributed by atoms with Gasteiger partial charge in [0.15, 0.2) is 0 Å². The Bertz CT molecular complexity index is 819. The minimum absolute atomic E-state index is 0.300. The van der Waals surface area contributed by atoms with Crippen molar-refractivity contribution in [2.45, 2.75) is 25.3 Å². The van der Waals surface area contributed by atoms with Crippen LogP contribution in [0.5, 0.6) is 0 Å². The smallest absolute Gasteiger partial charge is 0.282 e. The number of benzene rings is 1. The van der Waals surface area contributed by atoms with Gasteiger partial charge in [-0.15, -0.1) is 0 Å². The average Bonchev–Trinajstić information content (AvgIpc) is 3.15. The zero-order chi connectivity index (χ0) is 17.3. The summed E-state index contributed by atoms with van der Waals surface area (Å²) in [6, 6.07) is 5.89. The fourth-order valence-electron chi connectivity index (χ4n) is 2.88. The number of aromatic nitrogens is 1. The van der Waals surface area contributed by atoms with Crippen LogP contribution < -0.4 is 0 Å². The van der Waals surface area contributed by atoms with E-state index in [-0.39, 0.29) is 5.82 Å². The molecule has 1 saturated heterocycles. The maximum absolute atomic E-state index is 13.3. The normalized spacial score (nSPS) is 19.2. The molecular formula is C16H20FN3O3S. The quantitative estimate of drug-likeness (QED) is 0.828. The van der Waals surface area contributed by atoms with Gasteiger partial charge < -0.3 is 4.42 Å². The van der Waals surface area contributed by atoms with E-state index in [1.807, 2.05) is 6.07 Å². The van der Waals surface area contributed by atoms with Gasteiger partial charge in [-0.1, -0.05) is 12.1 Å². The third-order valence-electron chi connectivity index (χ3n) is 4.09. The van der Waals surface area contributed by atoms with Gasteiger partial charge in [-0.25, -0.2) is 9.37 Å². The van der Waals surface area contributed by atoms with Crippen LogP contribution in [-0.2, 0) is 16.6 Å². The Hall–Kier alpha value is -1.77. The third kappa shape index (κ3) is 3.35. The lowest BCUT2D eigenvalue weighted by molar-refractivity contribution is 0.306. The maximum Gasteiger partial charge on any atom is 0.282 e. The summed E-state index contributed by atoms with van der Waals surface area (Å²) in [6.45, 7) is 0.451. The van der Waals surface area contributed by atoms with Crippen LogP contribution >= 0.6 is 0 Å². The molecule has 3 rings (SSSR count). The van der Waals surface area contributed by atoms with Gasteiger partial charge in [-0.2, -0.15) is 17.0 Å². The first-order chi connectivity index (χ1) is 11.4. The molecule has 0 amide bonds. The summed E-state index contributed by atoms with van der Waals surface area (Å²) in [6.07, 6.45) is 3.43. The lowest BCUT2D eigenvalue weighted by Gasteiger charge is -2.25. The summed E-state index contributed by atoms with van der Waals surface area (Å²) < 4.78 is 46.4. The molecular weight excluding hydrogens is 333 g/mol. The van der Waals surface area contributed by atoms with Gasteiger partial charge in [0.2, 0.25) is 5.89 Å². The minimum Gasteiger partial charge on any atom is -0.444 e. The number of oxazole rings is 1. The molecule has 1 atom stereocenters. The molecule has 0 unspecified atom stereocenters. The van der Waals surface area contributed by atoms with Gasteiger partial charge in [-0.05, 0) is 30.5 Å². The molecule has 0 radical (unpaired) electrons. The molecule has 1 fully saturated rings. The van der Waals surface area contributed by atoms with Crippen LogP contribution in [0.15, 0.2) is 34.9 Å². The summed E-state index contributed by atoms with van der Waals surface area (Å²) >= 11 is 0. The molecule has 0 saturated carbocycles. The highest BCUT2D eigenvalue weighted by Crippen LogP contribution is 2.34. The van der Waals surface area contributed by atoms with Gasteiger partial charge >= 0.3 is 0 Å². The first kappa shape index (κ1) is 17.1. The maximum atomic E-state index is 13.3. The van der Waals surface area contributed by atoms with E-state index in [0.717, 1.165) is 12.0 Å². The van der Waals surface area contributed by atoms with Crippen LogP contribution in [-0.4, -0.2) is 42.7 Å². The molecule has 0 N–H and O–H groups in total. The number of nitrogens with zero attached hydrogens (tertiary/aromatic N) is 3. The van der Waals surface area contributed by atoms with Gasteiger partial charge in [0.1, 0.15) is 17.6 Å². The standard InChI is InChI=1S/C16H20FN3O3S/c1-19(2)24(21,22)20-8-4-7-15(20)16-18-11-14(23-16)10-12-5-3-6-13(17)9-12/h3,5-6,9,11,15H,4,7-8,10H2,1-2H3/t15-/m0/s1. The van der Waals surface area contributed by atoms with Crippen LogP contribution in [0.2, 0.25) is 0 Å². The highest BCUT2D eigenvalue weighted by Gasteiger charge is 2.39. The van der Waals surface area contributed by atoms with E-state index in [9.17, 15) is 12.8 Å². The summed E-state index contributed by atoms with van der Waals surface area (Å²) in [4.78, 5) is 4.25. The summed E-state index contributed by atoms with van der Waals surface area (Å²) in [5.74, 6) is 0.681. The predicted molar refractivity (Wildman–Crippen MR) is 87.0 cm³/mol. The molecule has 1 aliphatic rings. The second kappa shape index (κ2) is 6.62. The minimum atomic E-state index is -3.51. The fraction of sp³-hybridized carbons (Fsp3) is 0.438. The summed E-state index contributed by atoms with van der Waals surface area (Å²) in [5, 5.41) is 0. The van der Waals surface area contributed by atoms with E-state index in [1.54, 1.807) is 12.3 Å². The predicted octanol–water partition coefficient (Wildman–Crippen LogP) is 2.35. The molecule has 130 valence electrons. The van der Waals surface area contributed by atoms with Crippen molar-refractivity contribution < 1.29 is 17.2 Å². The van der Waals surface area contributed by atoms with Gasteiger partial charge in [0.25, 0.3) is 10.2 Å². The van der Waals surface area contributed by atoms with Crippen LogP contribution in [0.4, 0.5) is 4.39 Å². The zero-order valence-corrected chi connectivity index (χ0v) is 14.5. The molecule has 24 heavy (non-hydrogen) atoms. The molecule has 8 heteroatoms. The van der Waals surface area contributed by atoms with Crippen molar-refractivity contribution in [2.24, 2.45) is 0 Å². The monoisotopic (exact) mass is 353 g/mol. The van der Waals surface area contributed by atoms with E-state index >= 15 is 0 Å². The van der Waals surface area contributed by atoms with Crippen molar-refractivity contribution in [1.29, 1.82) is 0 Å². The highest BCUT2D eigenvalue weighted by molar-refractivity contribution is 7.86. The third-order valence-corrected chi connectivity index (χ3v) is 6.04. The molecule has 1 aromatic heterocycles. The summed E-state index contributed by atoms with van der Waals surface area (Å²) in [7, 11) is -0.493. The molecule has 2 heterocycles.